The van der Waals surface area contributed by atoms with Gasteiger partial charge in [0.15, 0.2) is 10.7 Å². The summed E-state index contributed by atoms with van der Waals surface area (Å²) >= 11 is 1.19. The van der Waals surface area contributed by atoms with Crippen molar-refractivity contribution in [2.75, 3.05) is 5.43 Å². The first-order valence-electron chi connectivity index (χ1n) is 7.27. The molecule has 3 rings (SSSR count). The van der Waals surface area contributed by atoms with Crippen LogP contribution >= 0.6 is 11.3 Å². The first-order valence-corrected chi connectivity index (χ1v) is 8.15. The molecule has 1 heterocycles. The number of rotatable bonds is 5. The number of nitro groups is 1. The van der Waals surface area contributed by atoms with E-state index in [1.165, 1.54) is 35.6 Å². The van der Waals surface area contributed by atoms with Gasteiger partial charge in [-0.15, -0.1) is 11.3 Å². The lowest BCUT2D eigenvalue weighted by atomic mass is 10.1. The summed E-state index contributed by atoms with van der Waals surface area (Å²) in [6.07, 6.45) is 0. The molecule has 0 radical (unpaired) electrons. The highest BCUT2D eigenvalue weighted by Gasteiger charge is 2.12. The van der Waals surface area contributed by atoms with Gasteiger partial charge in [-0.05, 0) is 24.3 Å². The maximum Gasteiger partial charge on any atom is 0.269 e. The second-order valence-corrected chi connectivity index (χ2v) is 5.86. The van der Waals surface area contributed by atoms with E-state index in [1.807, 2.05) is 6.07 Å². The van der Waals surface area contributed by atoms with Crippen molar-refractivity contribution in [3.05, 3.63) is 74.9 Å². The first-order chi connectivity index (χ1) is 12.6. The molecular formula is C17H10FN5O2S. The highest BCUT2D eigenvalue weighted by Crippen LogP contribution is 2.24. The summed E-state index contributed by atoms with van der Waals surface area (Å²) < 4.78 is 13.6. The molecule has 0 unspecified atom stereocenters. The lowest BCUT2D eigenvalue weighted by Crippen LogP contribution is -2.02. The van der Waals surface area contributed by atoms with Crippen LogP contribution in [-0.2, 0) is 0 Å². The topological polar surface area (TPSA) is 104 Å². The van der Waals surface area contributed by atoms with Crippen molar-refractivity contribution in [1.29, 1.82) is 5.26 Å². The number of halogens is 1. The maximum absolute atomic E-state index is 13.6. The Morgan fingerprint density at radius 2 is 2.00 bits per heavy atom. The molecular weight excluding hydrogens is 357 g/mol. The molecule has 1 N–H and O–H groups in total. The van der Waals surface area contributed by atoms with Crippen molar-refractivity contribution >= 4 is 28.4 Å². The van der Waals surface area contributed by atoms with Gasteiger partial charge in [0.2, 0.25) is 0 Å². The van der Waals surface area contributed by atoms with E-state index in [9.17, 15) is 19.8 Å². The van der Waals surface area contributed by atoms with Gasteiger partial charge in [-0.3, -0.25) is 15.5 Å². The lowest BCUT2D eigenvalue weighted by molar-refractivity contribution is -0.384. The number of para-hydroxylation sites is 1. The zero-order chi connectivity index (χ0) is 18.5. The number of non-ortho nitro benzene ring substituents is 1. The largest absolute Gasteiger partial charge is 0.274 e. The van der Waals surface area contributed by atoms with Gasteiger partial charge in [0.25, 0.3) is 5.69 Å². The molecule has 0 spiro atoms. The van der Waals surface area contributed by atoms with Gasteiger partial charge in [0, 0.05) is 23.1 Å². The number of benzene rings is 2. The van der Waals surface area contributed by atoms with Gasteiger partial charge in [-0.25, -0.2) is 9.37 Å². The van der Waals surface area contributed by atoms with Crippen molar-refractivity contribution in [2.24, 2.45) is 5.10 Å². The number of nitriles is 1. The minimum atomic E-state index is -0.487. The molecule has 1 aromatic heterocycles. The summed E-state index contributed by atoms with van der Waals surface area (Å²) in [6.45, 7) is 0. The monoisotopic (exact) mass is 367 g/mol. The number of nitrogens with one attached hydrogen (secondary N) is 1. The molecule has 0 aliphatic heterocycles. The normalized spacial score (nSPS) is 11.0. The first kappa shape index (κ1) is 17.2. The highest BCUT2D eigenvalue weighted by molar-refractivity contribution is 7.12. The van der Waals surface area contributed by atoms with Gasteiger partial charge in [0.05, 0.1) is 16.3 Å². The Morgan fingerprint density at radius 1 is 1.27 bits per heavy atom. The second kappa shape index (κ2) is 7.50. The Balaban J connectivity index is 1.83. The van der Waals surface area contributed by atoms with E-state index in [-0.39, 0.29) is 17.1 Å². The third-order valence-corrected chi connectivity index (χ3v) is 4.20. The van der Waals surface area contributed by atoms with E-state index in [2.05, 4.69) is 15.5 Å². The molecule has 0 bridgehead atoms. The number of hydrazone groups is 1. The maximum atomic E-state index is 13.6. The van der Waals surface area contributed by atoms with Crippen molar-refractivity contribution in [1.82, 2.24) is 4.98 Å². The molecule has 0 atom stereocenters. The predicted octanol–water partition coefficient (Wildman–Crippen LogP) is 4.20. The smallest absolute Gasteiger partial charge is 0.269 e. The van der Waals surface area contributed by atoms with Gasteiger partial charge in [-0.1, -0.05) is 12.1 Å². The molecule has 0 aliphatic carbocycles. The number of thiazole rings is 1. The molecule has 0 aliphatic rings. The van der Waals surface area contributed by atoms with Gasteiger partial charge in [0.1, 0.15) is 11.9 Å². The Hall–Kier alpha value is -3.64. The fraction of sp³-hybridized carbons (Fsp3) is 0. The number of nitro benzene ring substituents is 1. The van der Waals surface area contributed by atoms with Gasteiger partial charge >= 0.3 is 0 Å². The zero-order valence-corrected chi connectivity index (χ0v) is 13.9. The van der Waals surface area contributed by atoms with Crippen molar-refractivity contribution in [3.63, 3.8) is 0 Å². The zero-order valence-electron chi connectivity index (χ0n) is 13.1. The number of hydrogen-bond acceptors (Lipinski definition) is 7. The van der Waals surface area contributed by atoms with Crippen LogP contribution in [-0.4, -0.2) is 15.6 Å². The van der Waals surface area contributed by atoms with Crippen LogP contribution < -0.4 is 5.43 Å². The highest BCUT2D eigenvalue weighted by atomic mass is 32.1. The molecule has 0 fully saturated rings. The van der Waals surface area contributed by atoms with E-state index in [1.54, 1.807) is 29.6 Å². The fourth-order valence-electron chi connectivity index (χ4n) is 2.06. The fourth-order valence-corrected chi connectivity index (χ4v) is 2.82. The number of hydrogen-bond donors (Lipinski definition) is 1. The summed E-state index contributed by atoms with van der Waals surface area (Å²) in [7, 11) is 0. The molecule has 0 saturated heterocycles. The van der Waals surface area contributed by atoms with Crippen LogP contribution in [0.2, 0.25) is 0 Å². The van der Waals surface area contributed by atoms with Crippen LogP contribution in [0.4, 0.5) is 15.8 Å². The van der Waals surface area contributed by atoms with Gasteiger partial charge in [-0.2, -0.15) is 10.4 Å². The molecule has 9 heteroatoms. The van der Waals surface area contributed by atoms with Crippen LogP contribution in [0.25, 0.3) is 11.3 Å². The van der Waals surface area contributed by atoms with Crippen LogP contribution in [0.3, 0.4) is 0 Å². The molecule has 0 saturated carbocycles. The Bertz CT molecular complexity index is 1020. The van der Waals surface area contributed by atoms with Crippen LogP contribution in [0, 0.1) is 27.3 Å². The summed E-state index contributed by atoms with van der Waals surface area (Å²) in [5.74, 6) is -0.487. The van der Waals surface area contributed by atoms with E-state index < -0.39 is 10.7 Å². The van der Waals surface area contributed by atoms with Crippen molar-refractivity contribution < 1.29 is 9.31 Å². The summed E-state index contributed by atoms with van der Waals surface area (Å²) in [4.78, 5) is 14.5. The Kier molecular flexibility index (Phi) is 4.96. The summed E-state index contributed by atoms with van der Waals surface area (Å²) in [6, 6.07) is 13.8. The number of aromatic nitrogens is 1. The van der Waals surface area contributed by atoms with Crippen LogP contribution in [0.1, 0.15) is 5.01 Å². The van der Waals surface area contributed by atoms with Gasteiger partial charge < -0.3 is 0 Å². The van der Waals surface area contributed by atoms with Crippen molar-refractivity contribution in [2.45, 2.75) is 0 Å². The van der Waals surface area contributed by atoms with Crippen molar-refractivity contribution in [3.8, 4) is 17.3 Å². The molecule has 26 heavy (non-hydrogen) atoms. The third kappa shape index (κ3) is 3.71. The number of nitrogens with zero attached hydrogens (tertiary/aromatic N) is 4. The minimum Gasteiger partial charge on any atom is -0.274 e. The third-order valence-electron chi connectivity index (χ3n) is 3.35. The predicted molar refractivity (Wildman–Crippen MR) is 96.4 cm³/mol. The van der Waals surface area contributed by atoms with E-state index in [0.717, 1.165) is 0 Å². The summed E-state index contributed by atoms with van der Waals surface area (Å²) in [5, 5.41) is 26.0. The van der Waals surface area contributed by atoms with E-state index in [0.29, 0.717) is 16.3 Å². The standard InChI is InChI=1S/C17H10FN5O2S/c18-13-3-1-2-4-14(13)21-22-15(9-19)17-20-16(10-26-17)11-5-7-12(8-6-11)23(24)25/h1-8,10,21H/b22-15+. The summed E-state index contributed by atoms with van der Waals surface area (Å²) in [5.41, 5.74) is 3.89. The second-order valence-electron chi connectivity index (χ2n) is 5.01. The van der Waals surface area contributed by atoms with E-state index in [4.69, 9.17) is 0 Å². The number of anilines is 1. The quantitative estimate of drug-likeness (QED) is 0.413. The van der Waals surface area contributed by atoms with Crippen LogP contribution in [0.5, 0.6) is 0 Å². The molecule has 128 valence electrons. The average molecular weight is 367 g/mol. The lowest BCUT2D eigenvalue weighted by Gasteiger charge is -2.01. The molecule has 7 nitrogen and oxygen atoms in total. The molecule has 2 aromatic carbocycles. The molecule has 0 amide bonds. The Morgan fingerprint density at radius 3 is 2.65 bits per heavy atom. The Labute approximate surface area is 151 Å². The molecule has 3 aromatic rings. The minimum absolute atomic E-state index is 0.00594. The van der Waals surface area contributed by atoms with Crippen LogP contribution in [0.15, 0.2) is 59.0 Å². The average Bonchev–Trinajstić information content (AvgIpc) is 3.14. The van der Waals surface area contributed by atoms with E-state index >= 15 is 0 Å². The SMILES string of the molecule is N#C/C(=N\Nc1ccccc1F)c1nc(-c2ccc([N+](=O)[O-])cc2)cs1.